The molecule has 1 fully saturated rings. The van der Waals surface area contributed by atoms with Crippen LogP contribution in [0.1, 0.15) is 69.8 Å². The fraction of sp³-hybridized carbons (Fsp3) is 0.474. The smallest absolute Gasteiger partial charge is 0.407 e. The van der Waals surface area contributed by atoms with Gasteiger partial charge in [0.15, 0.2) is 6.29 Å². The molecule has 3 aromatic rings. The number of fused-ring (bicyclic) bond motifs is 1. The molecule has 4 rings (SSSR count). The van der Waals surface area contributed by atoms with Crippen LogP contribution >= 0.6 is 0 Å². The maximum atomic E-state index is 12.7. The summed E-state index contributed by atoms with van der Waals surface area (Å²) in [7, 11) is 4.10. The lowest BCUT2D eigenvalue weighted by molar-refractivity contribution is -0.186. The van der Waals surface area contributed by atoms with Crippen molar-refractivity contribution in [2.45, 2.75) is 66.2 Å². The standard InChI is InChI=1S/C38H51N3O6/c1-37(2,3)35(40(6)7)38(4,5)26-41(36(43)44)24-28(25-46-32-16-12-14-29-13-8-9-15-31(29)32)23-27-18-20-30(21-19-27)34(42)39-47-33-17-10-11-22-45-33/h8-9,12-16,18-21,23,33,35H,10-11,17,22,24-26H2,1-7H3,(H,39,42)(H,43,44). The maximum absolute atomic E-state index is 12.7. The summed E-state index contributed by atoms with van der Waals surface area (Å²) in [6, 6.07) is 21.2. The summed E-state index contributed by atoms with van der Waals surface area (Å²) in [5.41, 5.74) is 4.10. The third kappa shape index (κ3) is 10.0. The first-order chi connectivity index (χ1) is 22.2. The first-order valence-electron chi connectivity index (χ1n) is 16.4. The zero-order valence-electron chi connectivity index (χ0n) is 28.9. The number of rotatable bonds is 13. The SMILES string of the molecule is CN(C)C(C(C)(C)C)C(C)(C)CN(CC(=Cc1ccc(C(=O)NOC2CCCCO2)cc1)COc1cccc2ccccc12)C(=O)O. The van der Waals surface area contributed by atoms with Crippen molar-refractivity contribution in [1.29, 1.82) is 0 Å². The Morgan fingerprint density at radius 2 is 1.70 bits per heavy atom. The van der Waals surface area contributed by atoms with E-state index in [9.17, 15) is 14.7 Å². The van der Waals surface area contributed by atoms with Crippen molar-refractivity contribution in [2.24, 2.45) is 10.8 Å². The second kappa shape index (κ2) is 15.8. The fourth-order valence-corrected chi connectivity index (χ4v) is 7.23. The Morgan fingerprint density at radius 3 is 2.34 bits per heavy atom. The van der Waals surface area contributed by atoms with Crippen LogP contribution in [0.4, 0.5) is 4.79 Å². The maximum Gasteiger partial charge on any atom is 0.407 e. The van der Waals surface area contributed by atoms with E-state index < -0.39 is 12.4 Å². The van der Waals surface area contributed by atoms with E-state index in [1.165, 1.54) is 4.90 Å². The highest BCUT2D eigenvalue weighted by atomic mass is 16.8. The van der Waals surface area contributed by atoms with Gasteiger partial charge in [-0.3, -0.25) is 4.79 Å². The summed E-state index contributed by atoms with van der Waals surface area (Å²) in [6.07, 6.45) is 3.25. The van der Waals surface area contributed by atoms with Gasteiger partial charge in [-0.05, 0) is 72.5 Å². The monoisotopic (exact) mass is 645 g/mol. The molecule has 0 aromatic heterocycles. The molecule has 3 aromatic carbocycles. The number of hydroxylamine groups is 1. The number of amides is 2. The second-order valence-electron chi connectivity index (χ2n) is 14.4. The molecule has 2 unspecified atom stereocenters. The molecule has 1 saturated heterocycles. The van der Waals surface area contributed by atoms with Crippen LogP contribution in [0.15, 0.2) is 72.3 Å². The number of ether oxygens (including phenoxy) is 2. The van der Waals surface area contributed by atoms with Crippen LogP contribution in [0.2, 0.25) is 0 Å². The Labute approximate surface area is 279 Å². The van der Waals surface area contributed by atoms with E-state index in [1.54, 1.807) is 12.1 Å². The summed E-state index contributed by atoms with van der Waals surface area (Å²) in [6.45, 7) is 12.1. The van der Waals surface area contributed by atoms with Gasteiger partial charge in [0.05, 0.1) is 0 Å². The number of hydrogen-bond acceptors (Lipinski definition) is 6. The van der Waals surface area contributed by atoms with E-state index in [1.807, 2.05) is 74.8 Å². The summed E-state index contributed by atoms with van der Waals surface area (Å²) < 4.78 is 11.9. The summed E-state index contributed by atoms with van der Waals surface area (Å²) in [4.78, 5) is 34.5. The Balaban J connectivity index is 1.57. The molecule has 0 spiro atoms. The zero-order valence-corrected chi connectivity index (χ0v) is 28.9. The number of hydrogen-bond donors (Lipinski definition) is 2. The number of nitrogens with zero attached hydrogens (tertiary/aromatic N) is 2. The van der Waals surface area contributed by atoms with E-state index in [0.717, 1.165) is 46.9 Å². The lowest BCUT2D eigenvalue weighted by Crippen LogP contribution is -2.54. The number of carboxylic acid groups (broad SMARTS) is 1. The molecule has 0 radical (unpaired) electrons. The molecule has 1 heterocycles. The van der Waals surface area contributed by atoms with E-state index in [0.29, 0.717) is 18.7 Å². The number of carbonyl (C=O) groups is 2. The number of nitrogens with one attached hydrogen (secondary N) is 1. The van der Waals surface area contributed by atoms with Gasteiger partial charge in [0, 0.05) is 43.1 Å². The second-order valence-corrected chi connectivity index (χ2v) is 14.4. The van der Waals surface area contributed by atoms with Gasteiger partial charge in [-0.1, -0.05) is 89.2 Å². The van der Waals surface area contributed by atoms with Crippen molar-refractivity contribution in [3.63, 3.8) is 0 Å². The highest BCUT2D eigenvalue weighted by Crippen LogP contribution is 2.38. The Kier molecular flexibility index (Phi) is 12.1. The molecule has 0 saturated carbocycles. The lowest BCUT2D eigenvalue weighted by atomic mass is 9.70. The van der Waals surface area contributed by atoms with E-state index in [2.05, 4.69) is 45.0 Å². The molecular weight excluding hydrogens is 594 g/mol. The average molecular weight is 646 g/mol. The van der Waals surface area contributed by atoms with Crippen molar-refractivity contribution in [3.05, 3.63) is 83.4 Å². The Bertz CT molecular complexity index is 1520. The molecule has 9 heteroatoms. The molecule has 2 N–H and O–H groups in total. The minimum Gasteiger partial charge on any atom is -0.489 e. The van der Waals surface area contributed by atoms with Crippen LogP contribution in [-0.4, -0.2) is 79.6 Å². The lowest BCUT2D eigenvalue weighted by Gasteiger charge is -2.48. The molecule has 1 aliphatic heterocycles. The topological polar surface area (TPSA) is 101 Å². The van der Waals surface area contributed by atoms with E-state index >= 15 is 0 Å². The minimum atomic E-state index is -0.991. The summed E-state index contributed by atoms with van der Waals surface area (Å²) in [5.74, 6) is 0.369. The highest BCUT2D eigenvalue weighted by molar-refractivity contribution is 5.93. The molecule has 1 aliphatic rings. The van der Waals surface area contributed by atoms with Gasteiger partial charge in [-0.25, -0.2) is 15.1 Å². The van der Waals surface area contributed by atoms with Gasteiger partial charge in [0.1, 0.15) is 12.4 Å². The van der Waals surface area contributed by atoms with Gasteiger partial charge < -0.3 is 24.4 Å². The molecule has 2 amide bonds. The molecule has 0 bridgehead atoms. The number of carbonyl (C=O) groups excluding carboxylic acids is 1. The Morgan fingerprint density at radius 1 is 1.00 bits per heavy atom. The van der Waals surface area contributed by atoms with Gasteiger partial charge in [-0.2, -0.15) is 0 Å². The van der Waals surface area contributed by atoms with Crippen molar-refractivity contribution in [3.8, 4) is 5.75 Å². The van der Waals surface area contributed by atoms with Crippen molar-refractivity contribution in [1.82, 2.24) is 15.3 Å². The molecule has 254 valence electrons. The van der Waals surface area contributed by atoms with Gasteiger partial charge >= 0.3 is 6.09 Å². The zero-order chi connectivity index (χ0) is 34.2. The Hall–Kier alpha value is -3.92. The van der Waals surface area contributed by atoms with E-state index in [-0.39, 0.29) is 35.9 Å². The first-order valence-corrected chi connectivity index (χ1v) is 16.4. The highest BCUT2D eigenvalue weighted by Gasteiger charge is 2.41. The van der Waals surface area contributed by atoms with E-state index in [4.69, 9.17) is 14.3 Å². The molecular formula is C38H51N3O6. The van der Waals surface area contributed by atoms with Crippen LogP contribution in [0.3, 0.4) is 0 Å². The predicted molar refractivity (Wildman–Crippen MR) is 186 cm³/mol. The molecule has 0 aliphatic carbocycles. The third-order valence-electron chi connectivity index (χ3n) is 8.47. The summed E-state index contributed by atoms with van der Waals surface area (Å²) in [5, 5.41) is 12.5. The van der Waals surface area contributed by atoms with Crippen LogP contribution in [0.5, 0.6) is 5.75 Å². The van der Waals surface area contributed by atoms with Crippen LogP contribution in [-0.2, 0) is 9.57 Å². The minimum absolute atomic E-state index is 0.0736. The van der Waals surface area contributed by atoms with Gasteiger partial charge in [0.2, 0.25) is 0 Å². The van der Waals surface area contributed by atoms with Gasteiger partial charge in [0.25, 0.3) is 5.91 Å². The molecule has 2 atom stereocenters. The van der Waals surface area contributed by atoms with Crippen molar-refractivity contribution in [2.75, 3.05) is 40.4 Å². The largest absolute Gasteiger partial charge is 0.489 e. The van der Waals surface area contributed by atoms with Crippen molar-refractivity contribution >= 4 is 28.8 Å². The third-order valence-corrected chi connectivity index (χ3v) is 8.47. The van der Waals surface area contributed by atoms with Crippen LogP contribution < -0.4 is 10.2 Å². The average Bonchev–Trinajstić information content (AvgIpc) is 3.01. The number of benzene rings is 3. The van der Waals surface area contributed by atoms with Crippen LogP contribution in [0, 0.1) is 10.8 Å². The van der Waals surface area contributed by atoms with Gasteiger partial charge in [-0.15, -0.1) is 0 Å². The summed E-state index contributed by atoms with van der Waals surface area (Å²) >= 11 is 0. The first kappa shape index (κ1) is 35.9. The van der Waals surface area contributed by atoms with Crippen molar-refractivity contribution < 1.29 is 29.0 Å². The normalized spacial score (nSPS) is 16.6. The van der Waals surface area contributed by atoms with Crippen LogP contribution in [0.25, 0.3) is 16.8 Å². The molecule has 9 nitrogen and oxygen atoms in total. The predicted octanol–water partition coefficient (Wildman–Crippen LogP) is 7.47. The fourth-order valence-electron chi connectivity index (χ4n) is 7.23. The molecule has 47 heavy (non-hydrogen) atoms. The quantitative estimate of drug-likeness (QED) is 0.186.